The fourth-order valence-corrected chi connectivity index (χ4v) is 2.43. The molecule has 2 heterocycles. The fraction of sp³-hybridized carbons (Fsp3) is 0.188. The summed E-state index contributed by atoms with van der Waals surface area (Å²) in [6.07, 6.45) is 1.91. The number of nitrogens with two attached hydrogens (primary N) is 1. The summed E-state index contributed by atoms with van der Waals surface area (Å²) in [6, 6.07) is 6.99. The van der Waals surface area contributed by atoms with Gasteiger partial charge in [-0.2, -0.15) is 5.21 Å². The molecule has 0 aliphatic rings. The molecule has 0 aliphatic heterocycles. The van der Waals surface area contributed by atoms with Crippen LogP contribution in [0.15, 0.2) is 30.6 Å². The van der Waals surface area contributed by atoms with Crippen LogP contribution in [-0.2, 0) is 13.0 Å². The maximum absolute atomic E-state index is 12.3. The lowest BCUT2D eigenvalue weighted by Gasteiger charge is -2.10. The van der Waals surface area contributed by atoms with Gasteiger partial charge >= 0.3 is 0 Å². The number of hydrogen-bond donors (Lipinski definition) is 3. The van der Waals surface area contributed by atoms with Crippen molar-refractivity contribution in [1.29, 1.82) is 0 Å². The third-order valence-corrected chi connectivity index (χ3v) is 3.78. The number of tetrazole rings is 1. The number of primary amides is 1. The minimum atomic E-state index is -0.716. The molecule has 26 heavy (non-hydrogen) atoms. The molecule has 10 nitrogen and oxygen atoms in total. The molecular weight excluding hydrogens is 336 g/mol. The summed E-state index contributed by atoms with van der Waals surface area (Å²) in [4.78, 5) is 31.0. The normalized spacial score (nSPS) is 10.5. The van der Waals surface area contributed by atoms with Crippen LogP contribution in [0.1, 0.15) is 39.0 Å². The van der Waals surface area contributed by atoms with Crippen molar-refractivity contribution in [2.45, 2.75) is 19.9 Å². The van der Waals surface area contributed by atoms with Crippen molar-refractivity contribution in [3.05, 3.63) is 53.1 Å². The molecule has 3 aromatic rings. The van der Waals surface area contributed by atoms with Gasteiger partial charge in [0.1, 0.15) is 17.7 Å². The topological polar surface area (TPSA) is 152 Å². The number of aromatic amines is 1. The third kappa shape index (κ3) is 3.69. The Hall–Kier alpha value is -3.69. The Labute approximate surface area is 148 Å². The average Bonchev–Trinajstić information content (AvgIpc) is 3.20. The van der Waals surface area contributed by atoms with E-state index in [0.717, 1.165) is 29.4 Å². The summed E-state index contributed by atoms with van der Waals surface area (Å²) < 4.78 is 0. The maximum atomic E-state index is 12.3. The zero-order valence-electron chi connectivity index (χ0n) is 13.9. The lowest BCUT2D eigenvalue weighted by atomic mass is 10.0. The summed E-state index contributed by atoms with van der Waals surface area (Å²) >= 11 is 0. The predicted octanol–water partition coefficient (Wildman–Crippen LogP) is 0.248. The highest BCUT2D eigenvalue weighted by molar-refractivity contribution is 5.96. The van der Waals surface area contributed by atoms with Crippen molar-refractivity contribution in [3.8, 4) is 11.4 Å². The number of nitrogens with one attached hydrogen (secondary N) is 2. The second kappa shape index (κ2) is 7.47. The summed E-state index contributed by atoms with van der Waals surface area (Å²) in [5.74, 6) is -0.624. The largest absolute Gasteiger partial charge is 0.364 e. The van der Waals surface area contributed by atoms with Gasteiger partial charge in [-0.3, -0.25) is 9.59 Å². The Morgan fingerprint density at radius 3 is 2.65 bits per heavy atom. The number of carbonyl (C=O) groups is 2. The van der Waals surface area contributed by atoms with Crippen molar-refractivity contribution < 1.29 is 9.59 Å². The van der Waals surface area contributed by atoms with Crippen molar-refractivity contribution >= 4 is 11.8 Å². The van der Waals surface area contributed by atoms with Crippen LogP contribution in [0.4, 0.5) is 0 Å². The summed E-state index contributed by atoms with van der Waals surface area (Å²) in [5, 5.41) is 16.7. The standard InChI is InChI=1S/C16H16N8O2/c1-2-9-5-10(15-21-23-24-22-15)3-4-11(9)7-18-16(26)13-6-12(14(17)25)19-8-20-13/h3-6,8H,2,7H2,1H3,(H2,17,25)(H,18,26)(H,21,22,23,24). The van der Waals surface area contributed by atoms with Gasteiger partial charge in [0.2, 0.25) is 5.82 Å². The smallest absolute Gasteiger partial charge is 0.270 e. The zero-order valence-corrected chi connectivity index (χ0v) is 13.9. The molecule has 2 aromatic heterocycles. The predicted molar refractivity (Wildman–Crippen MR) is 90.7 cm³/mol. The second-order valence-electron chi connectivity index (χ2n) is 5.41. The van der Waals surface area contributed by atoms with E-state index < -0.39 is 11.8 Å². The first kappa shape index (κ1) is 17.1. The molecule has 0 bridgehead atoms. The number of benzene rings is 1. The number of nitrogens with zero attached hydrogens (tertiary/aromatic N) is 5. The molecule has 0 spiro atoms. The minimum absolute atomic E-state index is 0.0103. The van der Waals surface area contributed by atoms with Crippen molar-refractivity contribution in [1.82, 2.24) is 35.9 Å². The Bertz CT molecular complexity index is 939. The molecule has 1 aromatic carbocycles. The monoisotopic (exact) mass is 352 g/mol. The molecule has 2 amide bonds. The van der Waals surface area contributed by atoms with Gasteiger partial charge in [0.15, 0.2) is 0 Å². The number of aromatic nitrogens is 6. The van der Waals surface area contributed by atoms with Crippen molar-refractivity contribution in [2.75, 3.05) is 0 Å². The van der Waals surface area contributed by atoms with Crippen LogP contribution in [0.25, 0.3) is 11.4 Å². The first-order valence-corrected chi connectivity index (χ1v) is 7.84. The van der Waals surface area contributed by atoms with Gasteiger partial charge in [-0.05, 0) is 28.8 Å². The van der Waals surface area contributed by atoms with Gasteiger partial charge in [0.05, 0.1) is 0 Å². The van der Waals surface area contributed by atoms with E-state index in [2.05, 4.69) is 35.9 Å². The lowest BCUT2D eigenvalue weighted by Crippen LogP contribution is -2.25. The first-order chi connectivity index (χ1) is 12.6. The molecule has 0 radical (unpaired) electrons. The molecule has 0 fully saturated rings. The van der Waals surface area contributed by atoms with E-state index in [9.17, 15) is 9.59 Å². The number of rotatable bonds is 6. The van der Waals surface area contributed by atoms with Crippen molar-refractivity contribution in [3.63, 3.8) is 0 Å². The van der Waals surface area contributed by atoms with Crippen LogP contribution in [0, 0.1) is 0 Å². The van der Waals surface area contributed by atoms with Crippen LogP contribution in [0.3, 0.4) is 0 Å². The highest BCUT2D eigenvalue weighted by atomic mass is 16.2. The van der Waals surface area contributed by atoms with E-state index in [1.165, 1.54) is 6.07 Å². The Morgan fingerprint density at radius 1 is 1.15 bits per heavy atom. The number of aryl methyl sites for hydroxylation is 1. The number of amides is 2. The van der Waals surface area contributed by atoms with E-state index in [1.54, 1.807) is 0 Å². The van der Waals surface area contributed by atoms with Crippen LogP contribution in [0.5, 0.6) is 0 Å². The lowest BCUT2D eigenvalue weighted by molar-refractivity contribution is 0.0945. The van der Waals surface area contributed by atoms with Crippen LogP contribution in [-0.4, -0.2) is 42.4 Å². The summed E-state index contributed by atoms with van der Waals surface area (Å²) in [7, 11) is 0. The molecular formula is C16H16N8O2. The maximum Gasteiger partial charge on any atom is 0.270 e. The number of hydrogen-bond acceptors (Lipinski definition) is 7. The van der Waals surface area contributed by atoms with Gasteiger partial charge in [0.25, 0.3) is 11.8 Å². The average molecular weight is 352 g/mol. The molecule has 0 unspecified atom stereocenters. The van der Waals surface area contributed by atoms with Gasteiger partial charge < -0.3 is 11.1 Å². The summed E-state index contributed by atoms with van der Waals surface area (Å²) in [5.41, 5.74) is 8.08. The molecule has 0 saturated carbocycles. The van der Waals surface area contributed by atoms with E-state index in [0.29, 0.717) is 12.4 Å². The van der Waals surface area contributed by atoms with E-state index in [-0.39, 0.29) is 11.4 Å². The fourth-order valence-electron chi connectivity index (χ4n) is 2.43. The van der Waals surface area contributed by atoms with Crippen LogP contribution < -0.4 is 11.1 Å². The highest BCUT2D eigenvalue weighted by Gasteiger charge is 2.12. The zero-order chi connectivity index (χ0) is 18.5. The minimum Gasteiger partial charge on any atom is -0.364 e. The molecule has 10 heteroatoms. The van der Waals surface area contributed by atoms with Crippen molar-refractivity contribution in [2.24, 2.45) is 5.73 Å². The molecule has 0 saturated heterocycles. The molecule has 3 rings (SSSR count). The Balaban J connectivity index is 1.74. The number of H-pyrrole nitrogens is 1. The molecule has 132 valence electrons. The summed E-state index contributed by atoms with van der Waals surface area (Å²) in [6.45, 7) is 2.33. The molecule has 4 N–H and O–H groups in total. The molecule has 0 aliphatic carbocycles. The first-order valence-electron chi connectivity index (χ1n) is 7.84. The third-order valence-electron chi connectivity index (χ3n) is 3.78. The highest BCUT2D eigenvalue weighted by Crippen LogP contribution is 2.19. The SMILES string of the molecule is CCc1cc(-c2nn[nH]n2)ccc1CNC(=O)c1cc(C(N)=O)ncn1. The van der Waals surface area contributed by atoms with E-state index >= 15 is 0 Å². The van der Waals surface area contributed by atoms with Gasteiger partial charge in [0, 0.05) is 18.2 Å². The Morgan fingerprint density at radius 2 is 1.96 bits per heavy atom. The van der Waals surface area contributed by atoms with Gasteiger partial charge in [-0.15, -0.1) is 10.2 Å². The quantitative estimate of drug-likeness (QED) is 0.574. The van der Waals surface area contributed by atoms with Crippen LogP contribution in [0.2, 0.25) is 0 Å². The number of carbonyl (C=O) groups excluding carboxylic acids is 2. The van der Waals surface area contributed by atoms with Gasteiger partial charge in [-0.1, -0.05) is 19.1 Å². The van der Waals surface area contributed by atoms with E-state index in [4.69, 9.17) is 5.73 Å². The van der Waals surface area contributed by atoms with Gasteiger partial charge in [-0.25, -0.2) is 9.97 Å². The van der Waals surface area contributed by atoms with E-state index in [1.807, 2.05) is 25.1 Å². The van der Waals surface area contributed by atoms with Crippen LogP contribution >= 0.6 is 0 Å². The second-order valence-corrected chi connectivity index (χ2v) is 5.41. The molecule has 0 atom stereocenters. The Kier molecular flexibility index (Phi) is 4.92.